The van der Waals surface area contributed by atoms with Crippen molar-refractivity contribution in [2.75, 3.05) is 0 Å². The normalized spacial score (nSPS) is 13.5. The quantitative estimate of drug-likeness (QED) is 0.0285. The van der Waals surface area contributed by atoms with E-state index in [0.717, 1.165) is 182 Å². The second-order valence-electron chi connectivity index (χ2n) is 46.6. The Labute approximate surface area is 837 Å². The molecule has 0 saturated carbocycles. The molecule has 0 atom stereocenters. The maximum atomic E-state index is 6.30. The highest BCUT2D eigenvalue weighted by molar-refractivity contribution is 6.07. The predicted octanol–water partition coefficient (Wildman–Crippen LogP) is 40.1. The minimum Gasteiger partial charge on any atom is -0.354 e. The van der Waals surface area contributed by atoms with Crippen LogP contribution in [0.15, 0.2) is 84.9 Å². The van der Waals surface area contributed by atoms with E-state index in [0.29, 0.717) is 0 Å². The zero-order valence-corrected chi connectivity index (χ0v) is 92.2. The average molecular weight is 1860 g/mol. The molecule has 4 aliphatic rings. The molecular weight excluding hydrogens is 1670 g/mol. The van der Waals surface area contributed by atoms with Crippen molar-refractivity contribution in [3.05, 3.63) is 197 Å². The second-order valence-corrected chi connectivity index (χ2v) is 46.6. The van der Waals surface area contributed by atoms with E-state index in [1.807, 2.05) is 0 Å². The number of nitrogens with one attached hydrogen (secondary N) is 4. The number of nitrogens with zero attached hydrogens (tertiary/aromatic N) is 4. The first-order valence-electron chi connectivity index (χ1n) is 55.9. The number of benzene rings is 3. The van der Waals surface area contributed by atoms with Gasteiger partial charge in [-0.25, -0.2) is 19.9 Å². The van der Waals surface area contributed by atoms with Crippen LogP contribution in [-0.4, -0.2) is 39.9 Å². The molecule has 10 heterocycles. The summed E-state index contributed by atoms with van der Waals surface area (Å²) in [5.41, 5.74) is 54.1. The number of fused-ring (bicyclic) bond motifs is 16. The van der Waals surface area contributed by atoms with Gasteiger partial charge in [-0.2, -0.15) is 0 Å². The summed E-state index contributed by atoms with van der Waals surface area (Å²) in [5, 5.41) is 0. The highest BCUT2D eigenvalue weighted by atomic mass is 14.8. The molecule has 8 heteroatoms. The Balaban J connectivity index is 1.20. The molecule has 13 rings (SSSR count). The maximum Gasteiger partial charge on any atom is 0.0769 e. The van der Waals surface area contributed by atoms with E-state index in [1.165, 1.54) is 321 Å². The first-order valence-corrected chi connectivity index (χ1v) is 55.9. The number of allylic oxidation sites excluding steroid dienone is 8. The van der Waals surface area contributed by atoms with Gasteiger partial charge in [0.2, 0.25) is 0 Å². The van der Waals surface area contributed by atoms with Gasteiger partial charge < -0.3 is 19.9 Å². The van der Waals surface area contributed by atoms with Crippen LogP contribution in [0.2, 0.25) is 0 Å². The molecule has 4 aliphatic heterocycles. The summed E-state index contributed by atoms with van der Waals surface area (Å²) in [6.07, 6.45) is 45.3. The van der Waals surface area contributed by atoms with E-state index in [-0.39, 0.29) is 21.7 Å². The molecule has 8 nitrogen and oxygen atoms in total. The Morgan fingerprint density at radius 3 is 0.572 bits per heavy atom. The van der Waals surface area contributed by atoms with Gasteiger partial charge in [0.1, 0.15) is 0 Å². The summed E-state index contributed by atoms with van der Waals surface area (Å²) >= 11 is 0. The Morgan fingerprint density at radius 1 is 0.210 bits per heavy atom. The van der Waals surface area contributed by atoms with Gasteiger partial charge in [0.25, 0.3) is 0 Å². The molecule has 3 aromatic carbocycles. The highest BCUT2D eigenvalue weighted by Gasteiger charge is 2.34. The zero-order valence-electron chi connectivity index (χ0n) is 92.2. The lowest BCUT2D eigenvalue weighted by molar-refractivity contribution is 0.568. The van der Waals surface area contributed by atoms with Gasteiger partial charge in [0.15, 0.2) is 0 Å². The molecule has 0 saturated heterocycles. The maximum absolute atomic E-state index is 6.30. The van der Waals surface area contributed by atoms with E-state index in [2.05, 4.69) is 299 Å². The van der Waals surface area contributed by atoms with E-state index < -0.39 is 0 Å². The lowest BCUT2D eigenvalue weighted by Crippen LogP contribution is -2.16. The lowest BCUT2D eigenvalue weighted by atomic mass is 9.78. The van der Waals surface area contributed by atoms with Crippen LogP contribution in [-0.2, 0) is 47.3 Å². The molecule has 742 valence electrons. The summed E-state index contributed by atoms with van der Waals surface area (Å²) in [7, 11) is 0. The number of rotatable bonds is 44. The first kappa shape index (κ1) is 106. The fourth-order valence-corrected chi connectivity index (χ4v) is 22.6. The predicted molar refractivity (Wildman–Crippen MR) is 607 cm³/mol. The third-order valence-electron chi connectivity index (χ3n) is 31.7. The Hall–Kier alpha value is -9.14. The average Bonchev–Trinajstić information content (AvgIpc) is 1.58. The van der Waals surface area contributed by atoms with Crippen molar-refractivity contribution in [1.29, 1.82) is 0 Å². The van der Waals surface area contributed by atoms with Crippen LogP contribution < -0.4 is 0 Å². The van der Waals surface area contributed by atoms with Crippen molar-refractivity contribution in [1.82, 2.24) is 39.9 Å². The largest absolute Gasteiger partial charge is 0.354 e. The van der Waals surface area contributed by atoms with Gasteiger partial charge >= 0.3 is 0 Å². The van der Waals surface area contributed by atoms with Crippen molar-refractivity contribution in [3.63, 3.8) is 0 Å². The standard InChI is InChI=1S/C130H182N8/c1-29-37-45-53-61-99-83(9)119-115(120-84(10)100(62-54-46-38-30-2)108(132-120)80-112-104(66-58-50-42-34-6)88(14)124(136-112)117(93-73-95(127(17,18)19)77-96(74-93)128(20,21)22)123-87(13)103(65-57-49-41-33-5)111(135-123)79-107(99)131-119)91-69-71-92(72-70-91)116-121-85(11)101(63-55-47-39-31-3)109(133-121)81-113-105(67-59-51-43-35-7)89(15)125(137-113)118(94-75-97(129(23,24)25)78-98(76-94)130(26,27)28)126-90(16)106(68-60-52-44-36-8)114(138-126)82-110-102(64-56-48-40-32-4)86(12)122(116)134-110/h69-82,131,133,136,138H,29-68H2,1-28H3. The molecule has 9 aromatic rings. The third kappa shape index (κ3) is 24.1. The van der Waals surface area contributed by atoms with Crippen molar-refractivity contribution in [2.45, 2.75) is 472 Å². The molecule has 138 heavy (non-hydrogen) atoms. The van der Waals surface area contributed by atoms with Crippen molar-refractivity contribution in [3.8, 4) is 44.5 Å². The van der Waals surface area contributed by atoms with Crippen LogP contribution in [0, 0.1) is 27.7 Å². The smallest absolute Gasteiger partial charge is 0.0769 e. The van der Waals surface area contributed by atoms with Crippen LogP contribution in [0.3, 0.4) is 0 Å². The van der Waals surface area contributed by atoms with Crippen molar-refractivity contribution >= 4 is 88.7 Å². The molecule has 6 aromatic heterocycles. The van der Waals surface area contributed by atoms with Crippen LogP contribution in [0.4, 0.5) is 0 Å². The van der Waals surface area contributed by atoms with E-state index in [9.17, 15) is 0 Å². The van der Waals surface area contributed by atoms with Crippen LogP contribution >= 0.6 is 0 Å². The summed E-state index contributed by atoms with van der Waals surface area (Å²) in [4.78, 5) is 42.8. The van der Waals surface area contributed by atoms with Gasteiger partial charge in [-0.3, -0.25) is 0 Å². The van der Waals surface area contributed by atoms with Crippen LogP contribution in [0.1, 0.15) is 510 Å². The SMILES string of the molecule is CCCCCCC1=C(C)c2nc1cc1[nH]c(c(C)c1CCCCCC)c(-c1ccc(-c3c4nc(cc5[nH]c(c(C)c5CCCCCC)c(-c5cc(C(C)(C)C)cc(C(C)(C)C)c5)c5nc(cc6[nH]c3c(C)c6CCCCCC)C(CCCCCC)=C5C)C(CCCCCC)=C4C)cc1)c1nc(cc3[nH]c(c(C)c3CCCCCC)c2-c2cc(C(C)(C)C)cc(C(C)(C)C)c2)C(CCCCCC)=C1C. The van der Waals surface area contributed by atoms with E-state index >= 15 is 0 Å². The molecule has 0 amide bonds. The number of H-pyrrole nitrogens is 4. The van der Waals surface area contributed by atoms with Gasteiger partial charge in [-0.1, -0.05) is 353 Å². The van der Waals surface area contributed by atoms with Crippen molar-refractivity contribution < 1.29 is 0 Å². The fraction of sp³-hybridized carbons (Fsp3) is 0.554. The Bertz CT molecular complexity index is 5850. The number of aromatic amines is 4. The lowest BCUT2D eigenvalue weighted by Gasteiger charge is -2.26. The fourth-order valence-electron chi connectivity index (χ4n) is 22.6. The van der Waals surface area contributed by atoms with Crippen LogP contribution in [0.25, 0.3) is 133 Å². The van der Waals surface area contributed by atoms with Gasteiger partial charge in [0.05, 0.1) is 67.6 Å². The summed E-state index contributed by atoms with van der Waals surface area (Å²) in [5.74, 6) is 0. The molecule has 0 spiro atoms. The highest BCUT2D eigenvalue weighted by Crippen LogP contribution is 2.51. The summed E-state index contributed by atoms with van der Waals surface area (Å²) in [6.45, 7) is 67.0. The molecular formula is C130H182N8. The third-order valence-corrected chi connectivity index (χ3v) is 31.7. The Kier molecular flexibility index (Phi) is 36.3. The van der Waals surface area contributed by atoms with Crippen molar-refractivity contribution in [2.24, 2.45) is 0 Å². The van der Waals surface area contributed by atoms with Crippen LogP contribution in [0.5, 0.6) is 0 Å². The molecule has 0 unspecified atom stereocenters. The molecule has 0 aliphatic carbocycles. The number of hydrogen-bond acceptors (Lipinski definition) is 4. The number of unbranched alkanes of at least 4 members (excludes halogenated alkanes) is 24. The molecule has 4 N–H and O–H groups in total. The number of aryl methyl sites for hydroxylation is 8. The molecule has 0 fully saturated rings. The monoisotopic (exact) mass is 1860 g/mol. The van der Waals surface area contributed by atoms with Gasteiger partial charge in [-0.05, 0) is 338 Å². The number of aromatic nitrogens is 8. The minimum absolute atomic E-state index is 0.0985. The molecule has 16 bridgehead atoms. The zero-order chi connectivity index (χ0) is 99.2. The summed E-state index contributed by atoms with van der Waals surface area (Å²) in [6, 6.07) is 35.2. The summed E-state index contributed by atoms with van der Waals surface area (Å²) < 4.78 is 0. The topological polar surface area (TPSA) is 115 Å². The second kappa shape index (κ2) is 47.2. The molecule has 0 radical (unpaired) electrons. The number of hydrogen-bond donors (Lipinski definition) is 4. The minimum atomic E-state index is -0.0985. The van der Waals surface area contributed by atoms with E-state index in [4.69, 9.17) is 19.9 Å². The van der Waals surface area contributed by atoms with Gasteiger partial charge in [-0.15, -0.1) is 0 Å². The van der Waals surface area contributed by atoms with E-state index in [1.54, 1.807) is 0 Å². The Morgan fingerprint density at radius 2 is 0.391 bits per heavy atom. The van der Waals surface area contributed by atoms with Gasteiger partial charge in [0, 0.05) is 44.3 Å². The first-order chi connectivity index (χ1) is 66.0.